The smallest absolute Gasteiger partial charge is 0.273 e. The van der Waals surface area contributed by atoms with Crippen LogP contribution in [0.4, 0.5) is 13.2 Å². The Labute approximate surface area is 117 Å². The minimum absolute atomic E-state index is 0.0407. The third-order valence-corrected chi connectivity index (χ3v) is 3.36. The molecule has 1 aliphatic rings. The van der Waals surface area contributed by atoms with Crippen molar-refractivity contribution < 1.29 is 18.0 Å². The summed E-state index contributed by atoms with van der Waals surface area (Å²) in [4.78, 5) is 11.7. The lowest BCUT2D eigenvalue weighted by molar-refractivity contribution is -0.147. The molecule has 1 atom stereocenters. The number of halogens is 3. The summed E-state index contributed by atoms with van der Waals surface area (Å²) in [6, 6.07) is 7.25. The van der Waals surface area contributed by atoms with Crippen molar-refractivity contribution in [3.05, 3.63) is 47.0 Å². The first-order valence-electron chi connectivity index (χ1n) is 6.25. The lowest BCUT2D eigenvalue weighted by Gasteiger charge is -2.24. The normalized spacial score (nSPS) is 18.3. The van der Waals surface area contributed by atoms with E-state index in [1.165, 1.54) is 0 Å². The number of rotatable bonds is 1. The van der Waals surface area contributed by atoms with Gasteiger partial charge in [0.2, 0.25) is 5.91 Å². The monoisotopic (exact) mass is 296 g/mol. The van der Waals surface area contributed by atoms with Gasteiger partial charge in [0.15, 0.2) is 5.82 Å². The molecule has 1 N–H and O–H groups in total. The number of aryl methyl sites for hydroxylation is 1. The Morgan fingerprint density at radius 3 is 2.52 bits per heavy atom. The third kappa shape index (κ3) is 2.37. The first kappa shape index (κ1) is 13.6. The molecule has 1 aliphatic heterocycles. The fourth-order valence-corrected chi connectivity index (χ4v) is 2.33. The van der Waals surface area contributed by atoms with Gasteiger partial charge in [-0.3, -0.25) is 10.2 Å². The quantitative estimate of drug-likeness (QED) is 0.877. The van der Waals surface area contributed by atoms with E-state index in [2.05, 4.69) is 15.6 Å². The van der Waals surface area contributed by atoms with Gasteiger partial charge in [-0.15, -0.1) is 10.2 Å². The molecule has 21 heavy (non-hydrogen) atoms. The zero-order valence-corrected chi connectivity index (χ0v) is 11.0. The third-order valence-electron chi connectivity index (χ3n) is 3.36. The Hall–Kier alpha value is -2.38. The predicted octanol–water partition coefficient (Wildman–Crippen LogP) is 2.21. The molecule has 3 rings (SSSR count). The maximum atomic E-state index is 12.8. The highest BCUT2D eigenvalue weighted by molar-refractivity contribution is 5.86. The van der Waals surface area contributed by atoms with E-state index in [1.807, 2.05) is 19.1 Å². The topological polar surface area (TPSA) is 59.8 Å². The molecule has 0 fully saturated rings. The molecule has 1 aromatic heterocycles. The molecule has 1 aromatic carbocycles. The molecule has 0 saturated heterocycles. The van der Waals surface area contributed by atoms with Gasteiger partial charge in [0, 0.05) is 6.42 Å². The number of hydrogen-bond acceptors (Lipinski definition) is 3. The maximum absolute atomic E-state index is 12.8. The van der Waals surface area contributed by atoms with Crippen LogP contribution in [0.1, 0.15) is 35.1 Å². The number of alkyl halides is 3. The second kappa shape index (κ2) is 4.57. The highest BCUT2D eigenvalue weighted by atomic mass is 19.4. The van der Waals surface area contributed by atoms with Crippen LogP contribution < -0.4 is 5.43 Å². The average Bonchev–Trinajstić information content (AvgIpc) is 2.82. The van der Waals surface area contributed by atoms with Crippen molar-refractivity contribution in [3.63, 3.8) is 0 Å². The van der Waals surface area contributed by atoms with E-state index in [0.717, 1.165) is 11.1 Å². The minimum atomic E-state index is -4.67. The zero-order valence-electron chi connectivity index (χ0n) is 11.0. The molecule has 5 nitrogen and oxygen atoms in total. The van der Waals surface area contributed by atoms with Crippen molar-refractivity contribution >= 4 is 5.91 Å². The maximum Gasteiger partial charge on any atom is 0.453 e. The van der Waals surface area contributed by atoms with E-state index in [0.29, 0.717) is 4.68 Å². The van der Waals surface area contributed by atoms with E-state index >= 15 is 0 Å². The van der Waals surface area contributed by atoms with Gasteiger partial charge in [0.1, 0.15) is 0 Å². The van der Waals surface area contributed by atoms with E-state index in [4.69, 9.17) is 0 Å². The van der Waals surface area contributed by atoms with Gasteiger partial charge in [-0.25, -0.2) is 4.68 Å². The van der Waals surface area contributed by atoms with Crippen molar-refractivity contribution in [2.75, 3.05) is 5.43 Å². The van der Waals surface area contributed by atoms with E-state index in [9.17, 15) is 18.0 Å². The molecule has 0 saturated carbocycles. The summed E-state index contributed by atoms with van der Waals surface area (Å²) in [7, 11) is 0. The molecule has 2 heterocycles. The van der Waals surface area contributed by atoms with Crippen molar-refractivity contribution in [1.82, 2.24) is 14.9 Å². The number of carbonyl (C=O) groups is 1. The Morgan fingerprint density at radius 1 is 1.24 bits per heavy atom. The fraction of sp³-hybridized carbons (Fsp3) is 0.308. The van der Waals surface area contributed by atoms with Gasteiger partial charge in [-0.1, -0.05) is 29.8 Å². The zero-order chi connectivity index (χ0) is 15.2. The Morgan fingerprint density at radius 2 is 1.90 bits per heavy atom. The molecule has 0 spiro atoms. The molecule has 2 aromatic rings. The van der Waals surface area contributed by atoms with Crippen molar-refractivity contribution in [1.29, 1.82) is 0 Å². The fourth-order valence-electron chi connectivity index (χ4n) is 2.33. The van der Waals surface area contributed by atoms with Gasteiger partial charge in [0.25, 0.3) is 5.82 Å². The molecule has 0 radical (unpaired) electrons. The lowest BCUT2D eigenvalue weighted by Crippen LogP contribution is -2.35. The summed E-state index contributed by atoms with van der Waals surface area (Å²) >= 11 is 0. The molecule has 1 unspecified atom stereocenters. The summed E-state index contributed by atoms with van der Waals surface area (Å²) in [6.45, 7) is 1.90. The predicted molar refractivity (Wildman–Crippen MR) is 67.0 cm³/mol. The van der Waals surface area contributed by atoms with Gasteiger partial charge in [-0.2, -0.15) is 13.2 Å². The lowest BCUT2D eigenvalue weighted by atomic mass is 9.93. The van der Waals surface area contributed by atoms with E-state index in [1.54, 1.807) is 12.1 Å². The molecular formula is C13H11F3N4O. The van der Waals surface area contributed by atoms with Gasteiger partial charge in [0.05, 0.1) is 5.92 Å². The number of fused-ring (bicyclic) bond motifs is 1. The summed E-state index contributed by atoms with van der Waals surface area (Å²) in [5.74, 6) is -2.17. The molecule has 1 amide bonds. The number of benzene rings is 1. The number of aromatic nitrogens is 3. The van der Waals surface area contributed by atoms with Gasteiger partial charge < -0.3 is 0 Å². The summed E-state index contributed by atoms with van der Waals surface area (Å²) in [6.07, 6.45) is -4.63. The second-order valence-corrected chi connectivity index (χ2v) is 4.92. The Balaban J connectivity index is 2.09. The highest BCUT2D eigenvalue weighted by Crippen LogP contribution is 2.34. The van der Waals surface area contributed by atoms with Gasteiger partial charge in [-0.05, 0) is 12.5 Å². The number of nitrogens with one attached hydrogen (secondary N) is 1. The number of amides is 1. The van der Waals surface area contributed by atoms with Crippen LogP contribution in [0, 0.1) is 6.92 Å². The van der Waals surface area contributed by atoms with Crippen molar-refractivity contribution in [3.8, 4) is 0 Å². The summed E-state index contributed by atoms with van der Waals surface area (Å²) in [5.41, 5.74) is 3.92. The first-order valence-corrected chi connectivity index (χ1v) is 6.25. The summed E-state index contributed by atoms with van der Waals surface area (Å²) < 4.78 is 39.2. The second-order valence-electron chi connectivity index (χ2n) is 4.92. The largest absolute Gasteiger partial charge is 0.453 e. The molecule has 0 bridgehead atoms. The van der Waals surface area contributed by atoms with Crippen LogP contribution in [-0.2, 0) is 11.0 Å². The Kier molecular flexibility index (Phi) is 2.96. The van der Waals surface area contributed by atoms with Crippen LogP contribution in [0.5, 0.6) is 0 Å². The van der Waals surface area contributed by atoms with E-state index in [-0.39, 0.29) is 12.2 Å². The van der Waals surface area contributed by atoms with Crippen LogP contribution in [0.3, 0.4) is 0 Å². The van der Waals surface area contributed by atoms with E-state index < -0.39 is 23.8 Å². The number of nitrogens with zero attached hydrogens (tertiary/aromatic N) is 3. The van der Waals surface area contributed by atoms with Crippen molar-refractivity contribution in [2.45, 2.75) is 25.4 Å². The molecular weight excluding hydrogens is 285 g/mol. The van der Waals surface area contributed by atoms with Crippen molar-refractivity contribution in [2.24, 2.45) is 0 Å². The highest BCUT2D eigenvalue weighted by Gasteiger charge is 2.42. The first-order chi connectivity index (χ1) is 9.86. The molecule has 0 aliphatic carbocycles. The summed E-state index contributed by atoms with van der Waals surface area (Å²) in [5, 5.41) is 6.79. The number of hydrogen-bond donors (Lipinski definition) is 1. The van der Waals surface area contributed by atoms with Crippen LogP contribution in [0.2, 0.25) is 0 Å². The number of carbonyl (C=O) groups excluding carboxylic acids is 1. The van der Waals surface area contributed by atoms with Gasteiger partial charge >= 0.3 is 6.18 Å². The minimum Gasteiger partial charge on any atom is -0.273 e. The SMILES string of the molecule is Cc1ccc(C2CC(=O)Nn3c2nnc3C(F)(F)F)cc1. The average molecular weight is 296 g/mol. The molecule has 8 heteroatoms. The van der Waals surface area contributed by atoms with Crippen LogP contribution >= 0.6 is 0 Å². The standard InChI is InChI=1S/C13H11F3N4O/c1-7-2-4-8(5-3-7)9-6-10(21)19-20-11(9)17-18-12(20)13(14,15)16/h2-5,9H,6H2,1H3,(H,19,21). The Bertz CT molecular complexity index is 690. The van der Waals surface area contributed by atoms with Crippen LogP contribution in [0.25, 0.3) is 0 Å². The van der Waals surface area contributed by atoms with Crippen LogP contribution in [-0.4, -0.2) is 20.8 Å². The van der Waals surface area contributed by atoms with Crippen LogP contribution in [0.15, 0.2) is 24.3 Å². The molecule has 110 valence electrons.